The Labute approximate surface area is 258 Å². The zero-order valence-electron chi connectivity index (χ0n) is 26.8. The molecule has 4 aromatic rings. The molecule has 0 fully saturated rings. The lowest BCUT2D eigenvalue weighted by molar-refractivity contribution is -0.0294. The Morgan fingerprint density at radius 1 is 0.614 bits per heavy atom. The quantitative estimate of drug-likeness (QED) is 0.0937. The van der Waals surface area contributed by atoms with Crippen molar-refractivity contribution in [3.05, 3.63) is 73.1 Å². The highest BCUT2D eigenvalue weighted by Crippen LogP contribution is 2.22. The van der Waals surface area contributed by atoms with Crippen LogP contribution in [-0.2, 0) is 18.9 Å². The summed E-state index contributed by atoms with van der Waals surface area (Å²) < 4.78 is 19.0. The molecule has 0 atom stereocenters. The topological polar surface area (TPSA) is 152 Å². The minimum atomic E-state index is -1.06. The van der Waals surface area contributed by atoms with Gasteiger partial charge in [0.2, 0.25) is 0 Å². The molecule has 3 N–H and O–H groups in total. The molecule has 2 aromatic carbocycles. The number of aromatic nitrogens is 2. The molecule has 0 saturated carbocycles. The second-order valence-corrected chi connectivity index (χ2v) is 12.5. The molecule has 1 amide bonds. The number of ether oxygens (including phenoxy) is 4. The van der Waals surface area contributed by atoms with Crippen molar-refractivity contribution >= 4 is 51.6 Å². The summed E-state index contributed by atoms with van der Waals surface area (Å²) in [5.74, 6) is 0. The van der Waals surface area contributed by atoms with Crippen molar-refractivity contribution in [2.75, 3.05) is 11.1 Å². The van der Waals surface area contributed by atoms with Gasteiger partial charge in [0.05, 0.1) is 16.7 Å². The van der Waals surface area contributed by atoms with Crippen LogP contribution in [0.5, 0.6) is 0 Å². The van der Waals surface area contributed by atoms with Gasteiger partial charge < -0.3 is 24.7 Å². The van der Waals surface area contributed by atoms with Crippen LogP contribution in [0.3, 0.4) is 0 Å². The van der Waals surface area contributed by atoms with E-state index >= 15 is 0 Å². The summed E-state index contributed by atoms with van der Waals surface area (Å²) in [5.41, 5.74) is 7.10. The predicted molar refractivity (Wildman–Crippen MR) is 171 cm³/mol. The maximum Gasteiger partial charge on any atom is 0.519 e. The summed E-state index contributed by atoms with van der Waals surface area (Å²) in [6, 6.07) is 18.9. The summed E-state index contributed by atoms with van der Waals surface area (Å²) in [6.07, 6.45) is 0.911. The zero-order valence-corrected chi connectivity index (χ0v) is 26.8. The maximum atomic E-state index is 11.7. The summed E-state index contributed by atoms with van der Waals surface area (Å²) in [7, 11) is 0. The SMILES string of the molecule is CC(C)(C)OC(=O)Nc1cccc2ncccc12.CC(C)(C)OC(=O)OC(=O)OC(C)(C)C.Nc1cccc2ncccc12. The average Bonchev–Trinajstić information content (AvgIpc) is 2.87. The molecule has 0 aliphatic heterocycles. The molecule has 0 radical (unpaired) electrons. The van der Waals surface area contributed by atoms with Crippen molar-refractivity contribution < 1.29 is 33.3 Å². The largest absolute Gasteiger partial charge is 0.519 e. The standard InChI is InChI=1S/C14H16N2O2.C10H18O5.C9H8N2/c1-14(2,3)18-13(17)16-12-8-4-7-11-10(12)6-5-9-15-11;1-9(2,3)14-7(11)13-8(12)15-10(4,5)6;10-8-4-1-5-9-7(8)3-2-6-11-9/h4-9H,1-3H3,(H,16,17);1-6H3;1-6H,10H2. The van der Waals surface area contributed by atoms with Crippen LogP contribution in [0.2, 0.25) is 0 Å². The van der Waals surface area contributed by atoms with Crippen molar-refractivity contribution in [2.24, 2.45) is 0 Å². The molecule has 0 aliphatic carbocycles. The fraction of sp³-hybridized carbons (Fsp3) is 0.364. The third kappa shape index (κ3) is 13.4. The fourth-order valence-electron chi connectivity index (χ4n) is 3.36. The number of nitrogens with zero attached hydrogens (tertiary/aromatic N) is 2. The van der Waals surface area contributed by atoms with Gasteiger partial charge in [0.25, 0.3) is 0 Å². The van der Waals surface area contributed by atoms with Gasteiger partial charge >= 0.3 is 18.4 Å². The molecule has 0 aliphatic rings. The number of benzene rings is 2. The van der Waals surface area contributed by atoms with Crippen LogP contribution in [0.1, 0.15) is 62.3 Å². The highest BCUT2D eigenvalue weighted by molar-refractivity contribution is 5.98. The van der Waals surface area contributed by atoms with Crippen LogP contribution < -0.4 is 11.1 Å². The number of carbonyl (C=O) groups is 3. The third-order valence-corrected chi connectivity index (χ3v) is 4.91. The number of fused-ring (bicyclic) bond motifs is 2. The second-order valence-electron chi connectivity index (χ2n) is 12.5. The molecule has 2 heterocycles. The van der Waals surface area contributed by atoms with Gasteiger partial charge in [-0.15, -0.1) is 0 Å². The smallest absolute Gasteiger partial charge is 0.444 e. The van der Waals surface area contributed by atoms with Gasteiger partial charge in [-0.1, -0.05) is 12.1 Å². The van der Waals surface area contributed by atoms with Crippen LogP contribution >= 0.6 is 0 Å². The normalized spacial score (nSPS) is 11.2. The lowest BCUT2D eigenvalue weighted by atomic mass is 10.2. The van der Waals surface area contributed by atoms with E-state index in [1.807, 2.05) is 81.4 Å². The highest BCUT2D eigenvalue weighted by atomic mass is 16.8. The second kappa shape index (κ2) is 15.0. The Morgan fingerprint density at radius 2 is 1.07 bits per heavy atom. The van der Waals surface area contributed by atoms with Gasteiger partial charge in [-0.25, -0.2) is 14.4 Å². The minimum Gasteiger partial charge on any atom is -0.444 e. The molecule has 0 unspecified atom stereocenters. The van der Waals surface area contributed by atoms with Crippen LogP contribution in [0.15, 0.2) is 73.1 Å². The van der Waals surface area contributed by atoms with Crippen LogP contribution in [0.4, 0.5) is 25.8 Å². The van der Waals surface area contributed by atoms with Crippen LogP contribution in [0.25, 0.3) is 21.8 Å². The number of hydrogen-bond acceptors (Lipinski definition) is 10. The molecular formula is C33H42N4O7. The zero-order chi connectivity index (χ0) is 33.1. The van der Waals surface area contributed by atoms with E-state index in [0.29, 0.717) is 5.69 Å². The molecule has 11 heteroatoms. The first-order chi connectivity index (χ1) is 20.3. The van der Waals surface area contributed by atoms with Crippen molar-refractivity contribution in [3.8, 4) is 0 Å². The maximum absolute atomic E-state index is 11.7. The van der Waals surface area contributed by atoms with Crippen molar-refractivity contribution in [3.63, 3.8) is 0 Å². The summed E-state index contributed by atoms with van der Waals surface area (Å²) >= 11 is 0. The number of nitrogens with two attached hydrogens (primary N) is 1. The Kier molecular flexibility index (Phi) is 12.0. The van der Waals surface area contributed by atoms with E-state index in [1.54, 1.807) is 53.9 Å². The van der Waals surface area contributed by atoms with Crippen molar-refractivity contribution in [1.82, 2.24) is 9.97 Å². The monoisotopic (exact) mass is 606 g/mol. The average molecular weight is 607 g/mol. The van der Waals surface area contributed by atoms with Gasteiger partial charge in [0.1, 0.15) is 16.8 Å². The first kappa shape index (κ1) is 35.3. The van der Waals surface area contributed by atoms with E-state index in [1.165, 1.54) is 0 Å². The lowest BCUT2D eigenvalue weighted by Crippen LogP contribution is -2.29. The molecule has 2 aromatic heterocycles. The lowest BCUT2D eigenvalue weighted by Gasteiger charge is -2.20. The van der Waals surface area contributed by atoms with E-state index < -0.39 is 35.2 Å². The molecule has 0 bridgehead atoms. The highest BCUT2D eigenvalue weighted by Gasteiger charge is 2.24. The summed E-state index contributed by atoms with van der Waals surface area (Å²) in [6.45, 7) is 15.5. The molecule has 0 saturated heterocycles. The Bertz CT molecular complexity index is 1530. The Morgan fingerprint density at radius 3 is 1.55 bits per heavy atom. The van der Waals surface area contributed by atoms with E-state index in [0.717, 1.165) is 27.5 Å². The minimum absolute atomic E-state index is 0.459. The molecule has 4 rings (SSSR count). The summed E-state index contributed by atoms with van der Waals surface area (Å²) in [5, 5.41) is 4.66. The molecule has 11 nitrogen and oxygen atoms in total. The number of hydrogen-bond donors (Lipinski definition) is 2. The van der Waals surface area contributed by atoms with Gasteiger partial charge in [-0.05, 0) is 111 Å². The van der Waals surface area contributed by atoms with Gasteiger partial charge in [0.15, 0.2) is 0 Å². The number of amides is 1. The molecular weight excluding hydrogens is 564 g/mol. The van der Waals surface area contributed by atoms with Crippen molar-refractivity contribution in [1.29, 1.82) is 0 Å². The number of nitrogen functional groups attached to an aromatic ring is 1. The van der Waals surface area contributed by atoms with E-state index in [9.17, 15) is 14.4 Å². The van der Waals surface area contributed by atoms with Crippen LogP contribution in [-0.4, -0.2) is 45.2 Å². The van der Waals surface area contributed by atoms with Gasteiger partial charge in [-0.3, -0.25) is 15.3 Å². The summed E-state index contributed by atoms with van der Waals surface area (Å²) in [4.78, 5) is 42.1. The van der Waals surface area contributed by atoms with E-state index in [4.69, 9.17) is 19.9 Å². The van der Waals surface area contributed by atoms with Gasteiger partial charge in [0, 0.05) is 28.9 Å². The van der Waals surface area contributed by atoms with Gasteiger partial charge in [-0.2, -0.15) is 0 Å². The number of nitrogens with one attached hydrogen (secondary N) is 1. The van der Waals surface area contributed by atoms with E-state index in [-0.39, 0.29) is 0 Å². The number of rotatable bonds is 1. The Balaban J connectivity index is 0.000000237. The van der Waals surface area contributed by atoms with E-state index in [2.05, 4.69) is 20.0 Å². The molecule has 0 spiro atoms. The number of pyridine rings is 2. The molecule has 44 heavy (non-hydrogen) atoms. The number of carbonyl (C=O) groups excluding carboxylic acids is 3. The number of anilines is 2. The third-order valence-electron chi connectivity index (χ3n) is 4.91. The predicted octanol–water partition coefficient (Wildman–Crippen LogP) is 8.27. The fourth-order valence-corrected chi connectivity index (χ4v) is 3.36. The van der Waals surface area contributed by atoms with Crippen molar-refractivity contribution in [2.45, 2.75) is 79.1 Å². The van der Waals surface area contributed by atoms with Crippen LogP contribution in [0, 0.1) is 0 Å². The molecule has 236 valence electrons. The Hall–Kier alpha value is -4.93. The first-order valence-electron chi connectivity index (χ1n) is 13.9. The first-order valence-corrected chi connectivity index (χ1v) is 13.9.